The molecule has 2 aliphatic carbocycles. The highest BCUT2D eigenvalue weighted by atomic mass is 16.3. The van der Waals surface area contributed by atoms with Crippen molar-refractivity contribution in [1.29, 1.82) is 0 Å². The summed E-state index contributed by atoms with van der Waals surface area (Å²) in [6.45, 7) is 5.95. The van der Waals surface area contributed by atoms with Crippen LogP contribution in [0.25, 0.3) is 0 Å². The summed E-state index contributed by atoms with van der Waals surface area (Å²) in [5.41, 5.74) is 9.28. The van der Waals surface area contributed by atoms with Crippen molar-refractivity contribution in [1.82, 2.24) is 10.2 Å². The fourth-order valence-electron chi connectivity index (χ4n) is 6.35. The first-order valence-corrected chi connectivity index (χ1v) is 11.7. The number of fused-ring (bicyclic) bond motifs is 2. The molecule has 2 aliphatic heterocycles. The Balaban J connectivity index is 1.57. The second kappa shape index (κ2) is 7.18. The van der Waals surface area contributed by atoms with Gasteiger partial charge in [0, 0.05) is 24.6 Å². The van der Waals surface area contributed by atoms with E-state index in [0.717, 1.165) is 69.2 Å². The predicted octanol–water partition coefficient (Wildman–Crippen LogP) is 3.12. The molecule has 1 aromatic carbocycles. The second-order valence-corrected chi connectivity index (χ2v) is 10.2. The van der Waals surface area contributed by atoms with E-state index < -0.39 is 11.8 Å². The SMILES string of the molecule is CC(C)=CCCc1ccc2c(c1)C(O)(C1CCCC1)C(=O)N(C13CNC[C@@H]1C3)C2N. The average Bonchev–Trinajstić information content (AvgIpc) is 3.09. The molecule has 4 aliphatic rings. The van der Waals surface area contributed by atoms with E-state index >= 15 is 0 Å². The maximum atomic E-state index is 14.0. The van der Waals surface area contributed by atoms with Crippen LogP contribution in [0.4, 0.5) is 0 Å². The summed E-state index contributed by atoms with van der Waals surface area (Å²) in [6.07, 6.45) is 8.59. The normalized spacial score (nSPS) is 35.3. The second-order valence-electron chi connectivity index (χ2n) is 10.2. The average molecular weight is 410 g/mol. The van der Waals surface area contributed by atoms with Crippen LogP contribution >= 0.6 is 0 Å². The number of rotatable bonds is 5. The third-order valence-electron chi connectivity index (χ3n) is 8.10. The summed E-state index contributed by atoms with van der Waals surface area (Å²) in [7, 11) is 0. The summed E-state index contributed by atoms with van der Waals surface area (Å²) < 4.78 is 0. The van der Waals surface area contributed by atoms with E-state index in [2.05, 4.69) is 43.4 Å². The molecule has 162 valence electrons. The number of carbonyl (C=O) groups is 1. The third-order valence-corrected chi connectivity index (χ3v) is 8.10. The lowest BCUT2D eigenvalue weighted by Gasteiger charge is -2.49. The molecule has 5 heteroatoms. The van der Waals surface area contributed by atoms with Gasteiger partial charge in [-0.1, -0.05) is 42.7 Å². The van der Waals surface area contributed by atoms with Crippen molar-refractivity contribution in [2.24, 2.45) is 17.6 Å². The largest absolute Gasteiger partial charge is 0.375 e. The van der Waals surface area contributed by atoms with Crippen molar-refractivity contribution >= 4 is 5.91 Å². The zero-order valence-corrected chi connectivity index (χ0v) is 18.3. The van der Waals surface area contributed by atoms with Crippen LogP contribution in [-0.4, -0.2) is 34.5 Å². The molecule has 4 atom stereocenters. The molecule has 2 saturated carbocycles. The summed E-state index contributed by atoms with van der Waals surface area (Å²) >= 11 is 0. The molecule has 30 heavy (non-hydrogen) atoms. The van der Waals surface area contributed by atoms with Crippen LogP contribution in [0.15, 0.2) is 29.8 Å². The van der Waals surface area contributed by atoms with Crippen LogP contribution in [-0.2, 0) is 16.8 Å². The molecule has 4 N–H and O–H groups in total. The first kappa shape index (κ1) is 20.2. The molecule has 1 aromatic rings. The smallest absolute Gasteiger partial charge is 0.261 e. The van der Waals surface area contributed by atoms with Crippen molar-refractivity contribution in [3.05, 3.63) is 46.5 Å². The molecule has 0 aromatic heterocycles. The monoisotopic (exact) mass is 409 g/mol. The number of benzene rings is 1. The Hall–Kier alpha value is -1.69. The van der Waals surface area contributed by atoms with Crippen molar-refractivity contribution in [3.8, 4) is 0 Å². The van der Waals surface area contributed by atoms with Crippen molar-refractivity contribution in [3.63, 3.8) is 0 Å². The number of nitrogens with zero attached hydrogens (tertiary/aromatic N) is 1. The van der Waals surface area contributed by atoms with Gasteiger partial charge in [0.05, 0.1) is 5.54 Å². The Labute approximate surface area is 179 Å². The number of piperidine rings is 1. The van der Waals surface area contributed by atoms with Crippen molar-refractivity contribution < 1.29 is 9.90 Å². The number of hydrogen-bond donors (Lipinski definition) is 3. The molecule has 5 rings (SSSR count). The number of nitrogens with two attached hydrogens (primary N) is 1. The van der Waals surface area contributed by atoms with Gasteiger partial charge in [-0.3, -0.25) is 4.79 Å². The number of hydrogen-bond acceptors (Lipinski definition) is 4. The fourth-order valence-corrected chi connectivity index (χ4v) is 6.35. The van der Waals surface area contributed by atoms with Gasteiger partial charge in [0.25, 0.3) is 5.91 Å². The molecule has 0 bridgehead atoms. The van der Waals surface area contributed by atoms with Gasteiger partial charge in [0.1, 0.15) is 6.17 Å². The van der Waals surface area contributed by atoms with Gasteiger partial charge in [0.2, 0.25) is 0 Å². The van der Waals surface area contributed by atoms with Gasteiger partial charge >= 0.3 is 0 Å². The molecular formula is C25H35N3O2. The molecular weight excluding hydrogens is 374 g/mol. The topological polar surface area (TPSA) is 78.6 Å². The van der Waals surface area contributed by atoms with E-state index in [1.807, 2.05) is 4.90 Å². The van der Waals surface area contributed by atoms with E-state index in [4.69, 9.17) is 5.73 Å². The highest BCUT2D eigenvalue weighted by molar-refractivity contribution is 5.91. The maximum absolute atomic E-state index is 14.0. The van der Waals surface area contributed by atoms with Crippen LogP contribution in [0.5, 0.6) is 0 Å². The number of nitrogens with one attached hydrogen (secondary N) is 1. The zero-order chi connectivity index (χ0) is 21.1. The quantitative estimate of drug-likeness (QED) is 0.653. The summed E-state index contributed by atoms with van der Waals surface area (Å²) in [5, 5.41) is 15.6. The minimum absolute atomic E-state index is 0.0188. The predicted molar refractivity (Wildman–Crippen MR) is 118 cm³/mol. The Bertz CT molecular complexity index is 886. The van der Waals surface area contributed by atoms with Gasteiger partial charge < -0.3 is 21.1 Å². The lowest BCUT2D eigenvalue weighted by Crippen LogP contribution is -2.62. The molecule has 1 saturated heterocycles. The highest BCUT2D eigenvalue weighted by Gasteiger charge is 2.67. The molecule has 0 radical (unpaired) electrons. The van der Waals surface area contributed by atoms with Gasteiger partial charge in [-0.05, 0) is 63.0 Å². The number of amides is 1. The Morgan fingerprint density at radius 3 is 2.70 bits per heavy atom. The van der Waals surface area contributed by atoms with Gasteiger partial charge in [0.15, 0.2) is 5.60 Å². The Morgan fingerprint density at radius 1 is 1.30 bits per heavy atom. The van der Waals surface area contributed by atoms with E-state index in [-0.39, 0.29) is 17.4 Å². The first-order valence-electron chi connectivity index (χ1n) is 11.7. The highest BCUT2D eigenvalue weighted by Crippen LogP contribution is 2.57. The molecule has 2 heterocycles. The number of aryl methyl sites for hydroxylation is 1. The minimum Gasteiger partial charge on any atom is -0.375 e. The van der Waals surface area contributed by atoms with E-state index in [0.29, 0.717) is 5.92 Å². The van der Waals surface area contributed by atoms with E-state index in [1.165, 1.54) is 11.1 Å². The molecule has 3 unspecified atom stereocenters. The maximum Gasteiger partial charge on any atom is 0.261 e. The zero-order valence-electron chi connectivity index (χ0n) is 18.3. The molecule has 1 amide bonds. The van der Waals surface area contributed by atoms with E-state index in [1.54, 1.807) is 0 Å². The lowest BCUT2D eigenvalue weighted by molar-refractivity contribution is -0.169. The van der Waals surface area contributed by atoms with Crippen LogP contribution in [0.1, 0.15) is 75.2 Å². The summed E-state index contributed by atoms with van der Waals surface area (Å²) in [5.74, 6) is 0.294. The number of aliphatic hydroxyl groups is 1. The number of carbonyl (C=O) groups excluding carboxylic acids is 1. The van der Waals surface area contributed by atoms with Crippen LogP contribution in [0.2, 0.25) is 0 Å². The molecule has 0 spiro atoms. The summed E-state index contributed by atoms with van der Waals surface area (Å²) in [6, 6.07) is 6.29. The molecule has 5 nitrogen and oxygen atoms in total. The fraction of sp³-hybridized carbons (Fsp3) is 0.640. The van der Waals surface area contributed by atoms with Crippen molar-refractivity contribution in [2.45, 2.75) is 76.1 Å². The van der Waals surface area contributed by atoms with Gasteiger partial charge in [-0.2, -0.15) is 0 Å². The Morgan fingerprint density at radius 2 is 2.07 bits per heavy atom. The van der Waals surface area contributed by atoms with Gasteiger partial charge in [-0.25, -0.2) is 0 Å². The van der Waals surface area contributed by atoms with Gasteiger partial charge in [-0.15, -0.1) is 0 Å². The molecule has 3 fully saturated rings. The third kappa shape index (κ3) is 2.89. The standard InChI is InChI=1S/C25H35N3O2/c1-16(2)6-5-7-17-10-11-20-21(12-17)25(30,18-8-3-4-9-18)23(29)28(22(20)26)24-13-19(24)14-27-15-24/h6,10-12,18-19,22,27,30H,3-5,7-9,13-15,26H2,1-2H3/t19-,22?,24?,25?/m0/s1. The Kier molecular flexibility index (Phi) is 4.84. The summed E-state index contributed by atoms with van der Waals surface area (Å²) in [4.78, 5) is 15.9. The minimum atomic E-state index is -1.45. The van der Waals surface area contributed by atoms with Crippen LogP contribution < -0.4 is 11.1 Å². The van der Waals surface area contributed by atoms with E-state index in [9.17, 15) is 9.90 Å². The van der Waals surface area contributed by atoms with Crippen LogP contribution in [0, 0.1) is 11.8 Å². The first-order chi connectivity index (χ1) is 14.4. The lowest BCUT2D eigenvalue weighted by atomic mass is 9.73. The van der Waals surface area contributed by atoms with Crippen LogP contribution in [0.3, 0.4) is 0 Å². The number of allylic oxidation sites excluding steroid dienone is 2. The van der Waals surface area contributed by atoms with Crippen molar-refractivity contribution in [2.75, 3.05) is 13.1 Å².